The van der Waals surface area contributed by atoms with E-state index in [0.717, 1.165) is 60.6 Å². The van der Waals surface area contributed by atoms with Crippen LogP contribution in [-0.4, -0.2) is 27.2 Å². The number of fused-ring (bicyclic) bond motifs is 12. The van der Waals surface area contributed by atoms with Gasteiger partial charge in [0.25, 0.3) is 0 Å². The van der Waals surface area contributed by atoms with E-state index in [1.807, 2.05) is 36.1 Å². The molecular weight excluding hydrogens is 829 g/mol. The number of furan rings is 1. The normalized spacial score (nSPS) is 12.3. The number of hydrogen-bond acceptors (Lipinski definition) is 4. The van der Waals surface area contributed by atoms with E-state index in [2.05, 4.69) is 213 Å². The van der Waals surface area contributed by atoms with Crippen LogP contribution in [0.15, 0.2) is 223 Å². The van der Waals surface area contributed by atoms with E-state index in [0.29, 0.717) is 0 Å². The molecule has 0 aliphatic carbocycles. The second-order valence-corrected chi connectivity index (χ2v) is 21.7. The Morgan fingerprint density at radius 1 is 0.400 bits per heavy atom. The Morgan fingerprint density at radius 3 is 1.57 bits per heavy atom. The Labute approximate surface area is 377 Å². The summed E-state index contributed by atoms with van der Waals surface area (Å²) in [6.45, 7) is 0. The van der Waals surface area contributed by atoms with Crippen molar-refractivity contribution in [1.82, 2.24) is 19.1 Å². The van der Waals surface area contributed by atoms with Gasteiger partial charge in [0.2, 0.25) is 0 Å². The zero-order chi connectivity index (χ0) is 42.6. The predicted octanol–water partition coefficient (Wildman–Crippen LogP) is 12.3. The number of rotatable bonds is 6. The summed E-state index contributed by atoms with van der Waals surface area (Å²) < 4.78 is 14.5. The number of pyridine rings is 2. The molecule has 14 rings (SSSR count). The van der Waals surface area contributed by atoms with Gasteiger partial charge in [0.05, 0.1) is 22.1 Å². The SMILES string of the molecule is c1ccc([Si](c2ccccc2)(c2cccc3c2oc2ccc(-n4c5ccccc5c5cnccc54)cc23)c2cccc3c2sc2ccc(-n4c5ccccc5c5cnccc54)cc23)cc1. The lowest BCUT2D eigenvalue weighted by molar-refractivity contribution is 0.671. The van der Waals surface area contributed by atoms with Crippen LogP contribution in [0.1, 0.15) is 0 Å². The number of aromatic nitrogens is 4. The van der Waals surface area contributed by atoms with Crippen LogP contribution < -0.4 is 20.7 Å². The standard InChI is InChI=1S/C58H36N4OSSi/c1-3-13-39(14-4-1)65(40-15-5-2-6-16-40,55-23-11-19-43-45-33-37(25-27-53(45)63-57(43)55)61-49-21-9-7-17-41(49)47-35-59-31-29-51(47)61)56-24-12-20-44-46-34-38(26-28-54(46)64-58(44)56)62-50-22-10-8-18-42(50)48-36-60-32-30-52(48)62/h1-36H. The Hall–Kier alpha value is -8.10. The van der Waals surface area contributed by atoms with Crippen LogP contribution in [0.5, 0.6) is 0 Å². The van der Waals surface area contributed by atoms with Crippen molar-refractivity contribution in [2.75, 3.05) is 0 Å². The lowest BCUT2D eigenvalue weighted by atomic mass is 10.1. The first kappa shape index (κ1) is 36.4. The monoisotopic (exact) mass is 864 g/mol. The molecule has 7 heteroatoms. The molecule has 0 fully saturated rings. The molecule has 6 heterocycles. The van der Waals surface area contributed by atoms with Gasteiger partial charge in [-0.05, 0) is 81.4 Å². The highest BCUT2D eigenvalue weighted by atomic mass is 32.1. The number of para-hydroxylation sites is 3. The fraction of sp³-hybridized carbons (Fsp3) is 0. The van der Waals surface area contributed by atoms with E-state index < -0.39 is 8.07 Å². The van der Waals surface area contributed by atoms with E-state index in [9.17, 15) is 0 Å². The third-order valence-electron chi connectivity index (χ3n) is 13.6. The van der Waals surface area contributed by atoms with Crippen molar-refractivity contribution < 1.29 is 4.42 Å². The zero-order valence-electron chi connectivity index (χ0n) is 34.9. The highest BCUT2D eigenvalue weighted by molar-refractivity contribution is 7.31. The predicted molar refractivity (Wildman–Crippen MR) is 274 cm³/mol. The molecule has 0 amide bonds. The molecule has 0 saturated carbocycles. The molecule has 0 saturated heterocycles. The molecule has 0 radical (unpaired) electrons. The summed E-state index contributed by atoms with van der Waals surface area (Å²) in [7, 11) is -3.14. The van der Waals surface area contributed by atoms with Crippen LogP contribution in [0.2, 0.25) is 0 Å². The Morgan fingerprint density at radius 2 is 0.923 bits per heavy atom. The first-order chi connectivity index (χ1) is 32.3. The molecule has 0 N–H and O–H groups in total. The van der Waals surface area contributed by atoms with Crippen LogP contribution in [-0.2, 0) is 0 Å². The van der Waals surface area contributed by atoms with Gasteiger partial charge in [-0.1, -0.05) is 133 Å². The van der Waals surface area contributed by atoms with Crippen LogP contribution in [0.25, 0.3) is 97.1 Å². The molecular formula is C58H36N4OSSi. The summed E-state index contributed by atoms with van der Waals surface area (Å²) >= 11 is 1.90. The Balaban J connectivity index is 1.04. The molecule has 0 aliphatic rings. The first-order valence-electron chi connectivity index (χ1n) is 22.0. The molecule has 0 atom stereocenters. The number of nitrogens with zero attached hydrogens (tertiary/aromatic N) is 4. The van der Waals surface area contributed by atoms with E-state index in [1.54, 1.807) is 0 Å². The minimum atomic E-state index is -3.14. The lowest BCUT2D eigenvalue weighted by Crippen LogP contribution is -2.74. The summed E-state index contributed by atoms with van der Waals surface area (Å²) in [5.74, 6) is 0. The van der Waals surface area contributed by atoms with Crippen LogP contribution in [0.4, 0.5) is 0 Å². The maximum absolute atomic E-state index is 7.21. The number of benzene rings is 8. The zero-order valence-corrected chi connectivity index (χ0v) is 36.7. The maximum atomic E-state index is 7.21. The summed E-state index contributed by atoms with van der Waals surface area (Å²) in [5.41, 5.74) is 8.64. The second kappa shape index (κ2) is 13.9. The van der Waals surface area contributed by atoms with Gasteiger partial charge in [-0.25, -0.2) is 0 Å². The number of thiophene rings is 1. The smallest absolute Gasteiger partial charge is 0.185 e. The first-order valence-corrected chi connectivity index (χ1v) is 24.8. The lowest BCUT2D eigenvalue weighted by Gasteiger charge is -2.34. The fourth-order valence-corrected chi connectivity index (χ4v) is 17.6. The van der Waals surface area contributed by atoms with Gasteiger partial charge in [0.15, 0.2) is 8.07 Å². The molecule has 304 valence electrons. The average Bonchev–Trinajstić information content (AvgIpc) is 4.13. The summed E-state index contributed by atoms with van der Waals surface area (Å²) in [6.07, 6.45) is 7.74. The van der Waals surface area contributed by atoms with Gasteiger partial charge in [0.1, 0.15) is 11.2 Å². The minimum Gasteiger partial charge on any atom is -0.456 e. The highest BCUT2D eigenvalue weighted by Crippen LogP contribution is 2.39. The molecule has 14 aromatic rings. The average molecular weight is 865 g/mol. The van der Waals surface area contributed by atoms with Crippen LogP contribution >= 0.6 is 11.3 Å². The van der Waals surface area contributed by atoms with E-state index >= 15 is 0 Å². The van der Waals surface area contributed by atoms with Crippen molar-refractivity contribution in [3.8, 4) is 11.4 Å². The van der Waals surface area contributed by atoms with Gasteiger partial charge < -0.3 is 13.6 Å². The third-order valence-corrected chi connectivity index (χ3v) is 19.9. The van der Waals surface area contributed by atoms with Crippen molar-refractivity contribution in [3.05, 3.63) is 219 Å². The van der Waals surface area contributed by atoms with Gasteiger partial charge in [-0.2, -0.15) is 0 Å². The number of hydrogen-bond donors (Lipinski definition) is 0. The maximum Gasteiger partial charge on any atom is 0.185 e. The van der Waals surface area contributed by atoms with Crippen molar-refractivity contribution in [2.45, 2.75) is 0 Å². The van der Waals surface area contributed by atoms with Gasteiger partial charge >= 0.3 is 0 Å². The van der Waals surface area contributed by atoms with E-state index in [4.69, 9.17) is 4.42 Å². The minimum absolute atomic E-state index is 0.871. The van der Waals surface area contributed by atoms with Crippen molar-refractivity contribution in [3.63, 3.8) is 0 Å². The largest absolute Gasteiger partial charge is 0.456 e. The van der Waals surface area contributed by atoms with Crippen molar-refractivity contribution >= 4 is 126 Å². The Bertz CT molecular complexity index is 3820. The topological polar surface area (TPSA) is 48.8 Å². The summed E-state index contributed by atoms with van der Waals surface area (Å²) in [6, 6.07) is 71.4. The van der Waals surface area contributed by atoms with Gasteiger partial charge in [-0.15, -0.1) is 11.3 Å². The van der Waals surface area contributed by atoms with Gasteiger partial charge in [-0.3, -0.25) is 9.97 Å². The van der Waals surface area contributed by atoms with Crippen LogP contribution in [0.3, 0.4) is 0 Å². The molecule has 0 aliphatic heterocycles. The fourth-order valence-electron chi connectivity index (χ4n) is 10.9. The van der Waals surface area contributed by atoms with Crippen molar-refractivity contribution in [2.24, 2.45) is 0 Å². The summed E-state index contributed by atoms with van der Waals surface area (Å²) in [5, 5.41) is 14.6. The van der Waals surface area contributed by atoms with E-state index in [1.165, 1.54) is 57.2 Å². The molecule has 65 heavy (non-hydrogen) atoms. The Kier molecular flexibility index (Phi) is 7.81. The van der Waals surface area contributed by atoms with Crippen molar-refractivity contribution in [1.29, 1.82) is 0 Å². The molecule has 0 bridgehead atoms. The molecule has 8 aromatic carbocycles. The second-order valence-electron chi connectivity index (χ2n) is 16.9. The van der Waals surface area contributed by atoms with Crippen LogP contribution in [0, 0.1) is 0 Å². The molecule has 0 unspecified atom stereocenters. The van der Waals surface area contributed by atoms with Gasteiger partial charge in [0, 0.05) is 88.7 Å². The molecule has 5 nitrogen and oxygen atoms in total. The quantitative estimate of drug-likeness (QED) is 0.124. The summed E-state index contributed by atoms with van der Waals surface area (Å²) in [4.78, 5) is 9.01. The van der Waals surface area contributed by atoms with E-state index in [-0.39, 0.29) is 0 Å². The third kappa shape index (κ3) is 5.13. The molecule has 6 aromatic heterocycles. The highest BCUT2D eigenvalue weighted by Gasteiger charge is 2.45. The molecule has 0 spiro atoms.